The molecule has 1 atom stereocenters. The van der Waals surface area contributed by atoms with Gasteiger partial charge in [-0.3, -0.25) is 0 Å². The molecule has 0 radical (unpaired) electrons. The zero-order chi connectivity index (χ0) is 14.7. The molecule has 0 amide bonds. The summed E-state index contributed by atoms with van der Waals surface area (Å²) in [6, 6.07) is 12.8. The largest absolute Gasteiger partial charge is 0.368 e. The van der Waals surface area contributed by atoms with E-state index in [1.807, 2.05) is 49.2 Å². The van der Waals surface area contributed by atoms with Crippen molar-refractivity contribution in [1.29, 1.82) is 0 Å². The number of nitrogens with zero attached hydrogens (tertiary/aromatic N) is 1. The van der Waals surface area contributed by atoms with Crippen molar-refractivity contribution in [3.8, 4) is 0 Å². The van der Waals surface area contributed by atoms with Crippen LogP contribution in [0, 0.1) is 5.82 Å². The van der Waals surface area contributed by atoms with Crippen LogP contribution in [0.2, 0.25) is 0 Å². The number of anilines is 1. The van der Waals surface area contributed by atoms with Gasteiger partial charge in [0.15, 0.2) is 0 Å². The number of benzene rings is 2. The third-order valence-corrected chi connectivity index (χ3v) is 3.98. The van der Waals surface area contributed by atoms with E-state index in [1.54, 1.807) is 6.07 Å². The summed E-state index contributed by atoms with van der Waals surface area (Å²) in [4.78, 5) is 2.04. The second-order valence-corrected chi connectivity index (χ2v) is 5.75. The molecule has 0 heterocycles. The van der Waals surface area contributed by atoms with Crippen molar-refractivity contribution in [1.82, 2.24) is 0 Å². The van der Waals surface area contributed by atoms with Crippen molar-refractivity contribution in [3.63, 3.8) is 0 Å². The Kier molecular flexibility index (Phi) is 4.78. The van der Waals surface area contributed by atoms with Gasteiger partial charge in [-0.2, -0.15) is 0 Å². The molecule has 2 aromatic carbocycles. The van der Waals surface area contributed by atoms with E-state index < -0.39 is 0 Å². The fourth-order valence-corrected chi connectivity index (χ4v) is 2.73. The van der Waals surface area contributed by atoms with Crippen LogP contribution in [0.1, 0.15) is 24.1 Å². The van der Waals surface area contributed by atoms with Crippen molar-refractivity contribution in [2.75, 3.05) is 11.9 Å². The summed E-state index contributed by atoms with van der Waals surface area (Å²) in [6.45, 7) is 2.47. The van der Waals surface area contributed by atoms with Gasteiger partial charge < -0.3 is 10.6 Å². The van der Waals surface area contributed by atoms with E-state index >= 15 is 0 Å². The normalized spacial score (nSPS) is 12.2. The van der Waals surface area contributed by atoms with Gasteiger partial charge in [0.1, 0.15) is 5.82 Å². The first-order valence-corrected chi connectivity index (χ1v) is 7.29. The first kappa shape index (κ1) is 15.0. The highest BCUT2D eigenvalue weighted by molar-refractivity contribution is 9.10. The molecule has 0 bridgehead atoms. The summed E-state index contributed by atoms with van der Waals surface area (Å²) in [7, 11) is 1.96. The third kappa shape index (κ3) is 3.19. The first-order chi connectivity index (χ1) is 9.52. The SMILES string of the molecule is CC(c1ccccc1F)N(C)c1cc(Br)cc(CN)c1. The lowest BCUT2D eigenvalue weighted by Crippen LogP contribution is -2.22. The van der Waals surface area contributed by atoms with Gasteiger partial charge in [0, 0.05) is 29.3 Å². The van der Waals surface area contributed by atoms with Crippen molar-refractivity contribution in [3.05, 3.63) is 63.9 Å². The van der Waals surface area contributed by atoms with Gasteiger partial charge in [0.25, 0.3) is 0 Å². The zero-order valence-electron chi connectivity index (χ0n) is 11.6. The molecule has 0 saturated carbocycles. The molecule has 2 N–H and O–H groups in total. The molecule has 2 nitrogen and oxygen atoms in total. The van der Waals surface area contributed by atoms with Crippen LogP contribution in [-0.2, 0) is 6.54 Å². The second kappa shape index (κ2) is 6.37. The zero-order valence-corrected chi connectivity index (χ0v) is 13.2. The maximum Gasteiger partial charge on any atom is 0.128 e. The fourth-order valence-electron chi connectivity index (χ4n) is 2.20. The van der Waals surface area contributed by atoms with Crippen LogP contribution in [-0.4, -0.2) is 7.05 Å². The van der Waals surface area contributed by atoms with Crippen LogP contribution in [0.5, 0.6) is 0 Å². The molecule has 0 aliphatic rings. The molecule has 0 aromatic heterocycles. The number of rotatable bonds is 4. The molecule has 0 saturated heterocycles. The summed E-state index contributed by atoms with van der Waals surface area (Å²) in [5, 5.41) is 0. The van der Waals surface area contributed by atoms with E-state index in [0.717, 1.165) is 15.7 Å². The summed E-state index contributed by atoms with van der Waals surface area (Å²) < 4.78 is 14.9. The standard InChI is InChI=1S/C16H18BrFN2/c1-11(15-5-3-4-6-16(15)18)20(2)14-8-12(10-19)7-13(17)9-14/h3-9,11H,10,19H2,1-2H3. The van der Waals surface area contributed by atoms with Crippen LogP contribution >= 0.6 is 15.9 Å². The smallest absolute Gasteiger partial charge is 0.128 e. The minimum absolute atomic E-state index is 0.0591. The molecule has 0 fully saturated rings. The lowest BCUT2D eigenvalue weighted by atomic mass is 10.1. The average molecular weight is 337 g/mol. The quantitative estimate of drug-likeness (QED) is 0.904. The summed E-state index contributed by atoms with van der Waals surface area (Å²) >= 11 is 3.49. The van der Waals surface area contributed by atoms with E-state index in [1.165, 1.54) is 6.07 Å². The molecule has 0 aliphatic heterocycles. The highest BCUT2D eigenvalue weighted by Crippen LogP contribution is 2.29. The van der Waals surface area contributed by atoms with E-state index in [0.29, 0.717) is 12.1 Å². The Morgan fingerprint density at radius 3 is 2.60 bits per heavy atom. The van der Waals surface area contributed by atoms with Gasteiger partial charge in [-0.1, -0.05) is 34.1 Å². The average Bonchev–Trinajstić information content (AvgIpc) is 2.45. The van der Waals surface area contributed by atoms with Crippen LogP contribution in [0.15, 0.2) is 46.9 Å². The maximum atomic E-state index is 13.9. The minimum Gasteiger partial charge on any atom is -0.368 e. The minimum atomic E-state index is -0.180. The topological polar surface area (TPSA) is 29.3 Å². The van der Waals surface area contributed by atoms with Crippen LogP contribution < -0.4 is 10.6 Å². The highest BCUT2D eigenvalue weighted by atomic mass is 79.9. The molecule has 106 valence electrons. The highest BCUT2D eigenvalue weighted by Gasteiger charge is 2.16. The van der Waals surface area contributed by atoms with Crippen molar-refractivity contribution < 1.29 is 4.39 Å². The van der Waals surface area contributed by atoms with Gasteiger partial charge in [0.05, 0.1) is 6.04 Å². The third-order valence-electron chi connectivity index (χ3n) is 3.52. The van der Waals surface area contributed by atoms with Crippen molar-refractivity contribution in [2.24, 2.45) is 5.73 Å². The van der Waals surface area contributed by atoms with Gasteiger partial charge in [0.2, 0.25) is 0 Å². The number of hydrogen-bond acceptors (Lipinski definition) is 2. The molecule has 0 aliphatic carbocycles. The molecule has 1 unspecified atom stereocenters. The van der Waals surface area contributed by atoms with E-state index in [-0.39, 0.29) is 11.9 Å². The van der Waals surface area contributed by atoms with Gasteiger partial charge in [-0.15, -0.1) is 0 Å². The lowest BCUT2D eigenvalue weighted by Gasteiger charge is -2.28. The molecule has 2 aromatic rings. The molecular formula is C16H18BrFN2. The molecular weight excluding hydrogens is 319 g/mol. The Bertz CT molecular complexity index is 601. The molecule has 4 heteroatoms. The lowest BCUT2D eigenvalue weighted by molar-refractivity contribution is 0.585. The number of halogens is 2. The molecule has 2 rings (SSSR count). The second-order valence-electron chi connectivity index (χ2n) is 4.83. The predicted octanol–water partition coefficient (Wildman–Crippen LogP) is 4.24. The predicted molar refractivity (Wildman–Crippen MR) is 85.3 cm³/mol. The van der Waals surface area contributed by atoms with Crippen LogP contribution in [0.4, 0.5) is 10.1 Å². The summed E-state index contributed by atoms with van der Waals surface area (Å²) in [6.07, 6.45) is 0. The molecule has 20 heavy (non-hydrogen) atoms. The van der Waals surface area contributed by atoms with Gasteiger partial charge in [-0.25, -0.2) is 4.39 Å². The Hall–Kier alpha value is -1.39. The van der Waals surface area contributed by atoms with E-state index in [4.69, 9.17) is 5.73 Å². The summed E-state index contributed by atoms with van der Waals surface area (Å²) in [5.41, 5.74) is 8.44. The van der Waals surface area contributed by atoms with Crippen LogP contribution in [0.3, 0.4) is 0 Å². The van der Waals surface area contributed by atoms with E-state index in [9.17, 15) is 4.39 Å². The van der Waals surface area contributed by atoms with E-state index in [2.05, 4.69) is 15.9 Å². The number of nitrogens with two attached hydrogens (primary N) is 1. The van der Waals surface area contributed by atoms with Crippen molar-refractivity contribution >= 4 is 21.6 Å². The Labute approximate surface area is 127 Å². The Morgan fingerprint density at radius 2 is 1.95 bits per heavy atom. The number of hydrogen-bond donors (Lipinski definition) is 1. The van der Waals surface area contributed by atoms with Crippen LogP contribution in [0.25, 0.3) is 0 Å². The fraction of sp³-hybridized carbons (Fsp3) is 0.250. The Balaban J connectivity index is 2.33. The van der Waals surface area contributed by atoms with Gasteiger partial charge in [-0.05, 0) is 36.8 Å². The molecule has 0 spiro atoms. The first-order valence-electron chi connectivity index (χ1n) is 6.49. The Morgan fingerprint density at radius 1 is 1.25 bits per heavy atom. The van der Waals surface area contributed by atoms with Gasteiger partial charge >= 0.3 is 0 Å². The summed E-state index contributed by atoms with van der Waals surface area (Å²) in [5.74, 6) is -0.180. The monoisotopic (exact) mass is 336 g/mol. The van der Waals surface area contributed by atoms with Crippen molar-refractivity contribution in [2.45, 2.75) is 19.5 Å². The maximum absolute atomic E-state index is 13.9.